The van der Waals surface area contributed by atoms with Gasteiger partial charge >= 0.3 is 15.4 Å². The maximum absolute atomic E-state index is 3.31. The van der Waals surface area contributed by atoms with Crippen molar-refractivity contribution in [1.82, 2.24) is 4.30 Å². The highest BCUT2D eigenvalue weighted by Crippen LogP contribution is 1.89. The van der Waals surface area contributed by atoms with Gasteiger partial charge in [-0.2, -0.15) is 0 Å². The predicted octanol–water partition coefficient (Wildman–Crippen LogP) is 0.0172. The quantitative estimate of drug-likeness (QED) is 0.408. The third-order valence-electron chi connectivity index (χ3n) is 0.814. The maximum Gasteiger partial charge on any atom is 0.319 e. The Morgan fingerprint density at radius 1 is 1.60 bits per heavy atom. The molecule has 0 unspecified atom stereocenters. The van der Waals surface area contributed by atoms with Gasteiger partial charge in [0.25, 0.3) is 0 Å². The second kappa shape index (κ2) is 1.82. The van der Waals surface area contributed by atoms with Gasteiger partial charge in [0.2, 0.25) is 0 Å². The van der Waals surface area contributed by atoms with Gasteiger partial charge < -0.3 is 4.30 Å². The van der Waals surface area contributed by atoms with Crippen LogP contribution in [-0.2, 0) is 0 Å². The molecule has 0 atom stereocenters. The fourth-order valence-electron chi connectivity index (χ4n) is 0.510. The van der Waals surface area contributed by atoms with E-state index in [0.717, 1.165) is 0 Å². The molecule has 0 aromatic carbocycles. The molecule has 0 aliphatic carbocycles. The Hall–Kier alpha value is 0.492. The minimum Gasteiger partial charge on any atom is -0.406 e. The van der Waals surface area contributed by atoms with Crippen LogP contribution in [0.4, 0.5) is 0 Å². The largest absolute Gasteiger partial charge is 0.406 e. The zero-order chi connectivity index (χ0) is 3.54. The van der Waals surface area contributed by atoms with Crippen molar-refractivity contribution < 1.29 is 0 Å². The molecular formula is C3H7AlN. The first kappa shape index (κ1) is 3.67. The first-order valence-corrected chi connectivity index (χ1v) is 3.44. The van der Waals surface area contributed by atoms with Crippen LogP contribution >= 0.6 is 0 Å². The molecule has 1 saturated heterocycles. The lowest BCUT2D eigenvalue weighted by molar-refractivity contribution is 0.933. The average Bonchev–Trinajstić information content (AvgIpc) is 1.76. The molecule has 5 heavy (non-hydrogen) atoms. The van der Waals surface area contributed by atoms with E-state index in [2.05, 4.69) is 4.30 Å². The molecular weight excluding hydrogens is 77.0 g/mol. The Kier molecular flexibility index (Phi) is 1.33. The lowest BCUT2D eigenvalue weighted by Crippen LogP contribution is -2.07. The van der Waals surface area contributed by atoms with Crippen LogP contribution in [0.15, 0.2) is 0 Å². The number of hydrogen-bond donors (Lipinski definition) is 1. The molecule has 1 aliphatic rings. The van der Waals surface area contributed by atoms with E-state index in [1.807, 2.05) is 0 Å². The topological polar surface area (TPSA) is 12.0 Å². The van der Waals surface area contributed by atoms with Crippen LogP contribution in [0.5, 0.6) is 0 Å². The van der Waals surface area contributed by atoms with E-state index in [9.17, 15) is 0 Å². The summed E-state index contributed by atoms with van der Waals surface area (Å²) in [5.41, 5.74) is 0. The van der Waals surface area contributed by atoms with Gasteiger partial charge in [0.05, 0.1) is 0 Å². The summed E-state index contributed by atoms with van der Waals surface area (Å²) >= 11 is 0.676. The second-order valence-corrected chi connectivity index (χ2v) is 2.69. The van der Waals surface area contributed by atoms with Gasteiger partial charge in [-0.15, -0.1) is 0 Å². The Bertz CT molecular complexity index is 18.5. The summed E-state index contributed by atoms with van der Waals surface area (Å²) in [6, 6.07) is 0. The molecule has 0 aromatic rings. The normalized spacial score (nSPS) is 22.4. The molecule has 27 valence electrons. The van der Waals surface area contributed by atoms with Crippen molar-refractivity contribution in [2.24, 2.45) is 0 Å². The van der Waals surface area contributed by atoms with E-state index < -0.39 is 0 Å². The first-order valence-electron chi connectivity index (χ1n) is 2.05. The van der Waals surface area contributed by atoms with Crippen LogP contribution in [0.1, 0.15) is 6.42 Å². The summed E-state index contributed by atoms with van der Waals surface area (Å²) in [5, 5.41) is 1.47. The molecule has 1 N–H and O–H groups in total. The smallest absolute Gasteiger partial charge is 0.319 e. The maximum atomic E-state index is 3.31. The van der Waals surface area contributed by atoms with E-state index in [1.54, 1.807) is 0 Å². The van der Waals surface area contributed by atoms with Crippen LogP contribution in [0.25, 0.3) is 0 Å². The van der Waals surface area contributed by atoms with E-state index in [0.29, 0.717) is 15.4 Å². The molecule has 0 spiro atoms. The number of hydrogen-bond acceptors (Lipinski definition) is 1. The molecule has 0 amide bonds. The lowest BCUT2D eigenvalue weighted by Gasteiger charge is -1.76. The fraction of sp³-hybridized carbons (Fsp3) is 1.00. The lowest BCUT2D eigenvalue weighted by atomic mass is 10.5. The molecule has 1 rings (SSSR count). The molecule has 1 aliphatic heterocycles. The van der Waals surface area contributed by atoms with Crippen molar-refractivity contribution in [3.05, 3.63) is 0 Å². The minimum absolute atomic E-state index is 0.676. The van der Waals surface area contributed by atoms with Gasteiger partial charge in [0.1, 0.15) is 0 Å². The van der Waals surface area contributed by atoms with Crippen LogP contribution < -0.4 is 4.30 Å². The van der Waals surface area contributed by atoms with Crippen molar-refractivity contribution in [2.45, 2.75) is 11.7 Å². The summed E-state index contributed by atoms with van der Waals surface area (Å²) < 4.78 is 3.31. The minimum atomic E-state index is 0.676. The Morgan fingerprint density at radius 3 is 2.80 bits per heavy atom. The van der Waals surface area contributed by atoms with E-state index in [-0.39, 0.29) is 0 Å². The van der Waals surface area contributed by atoms with E-state index >= 15 is 0 Å². The van der Waals surface area contributed by atoms with Crippen molar-refractivity contribution >= 4 is 15.4 Å². The second-order valence-electron chi connectivity index (χ2n) is 1.30. The predicted molar refractivity (Wildman–Crippen MR) is 23.2 cm³/mol. The van der Waals surface area contributed by atoms with Crippen molar-refractivity contribution in [3.63, 3.8) is 0 Å². The third-order valence-corrected chi connectivity index (χ3v) is 2.09. The first-order chi connectivity index (χ1) is 2.50. The molecule has 0 saturated carbocycles. The monoisotopic (exact) mass is 84.0 g/mol. The highest BCUT2D eigenvalue weighted by atomic mass is 27.1. The summed E-state index contributed by atoms with van der Waals surface area (Å²) in [5.74, 6) is 0. The number of rotatable bonds is 0. The zero-order valence-corrected chi connectivity index (χ0v) is 4.35. The molecule has 1 radical (unpaired) electrons. The van der Waals surface area contributed by atoms with Crippen LogP contribution in [0.2, 0.25) is 5.28 Å². The Balaban J connectivity index is 2.08. The van der Waals surface area contributed by atoms with Crippen LogP contribution in [-0.4, -0.2) is 22.0 Å². The Morgan fingerprint density at radius 2 is 2.60 bits per heavy atom. The van der Waals surface area contributed by atoms with Gasteiger partial charge in [0, 0.05) is 0 Å². The molecule has 1 fully saturated rings. The summed E-state index contributed by atoms with van der Waals surface area (Å²) in [4.78, 5) is 0. The molecule has 0 aromatic heterocycles. The highest BCUT2D eigenvalue weighted by molar-refractivity contribution is 6.33. The van der Waals surface area contributed by atoms with Crippen LogP contribution in [0.3, 0.4) is 0 Å². The SMILES string of the molecule is C1C[NH][Al][CH2]1. The summed E-state index contributed by atoms with van der Waals surface area (Å²) in [7, 11) is 0. The zero-order valence-electron chi connectivity index (χ0n) is 3.20. The molecule has 1 heterocycles. The van der Waals surface area contributed by atoms with E-state index in [4.69, 9.17) is 0 Å². The number of nitrogens with one attached hydrogen (secondary N) is 1. The molecule has 0 bridgehead atoms. The van der Waals surface area contributed by atoms with Gasteiger partial charge in [-0.05, 0) is 6.54 Å². The average molecular weight is 84.1 g/mol. The molecule has 2 heteroatoms. The highest BCUT2D eigenvalue weighted by Gasteiger charge is 1.97. The summed E-state index contributed by atoms with van der Waals surface area (Å²) in [6.07, 6.45) is 1.43. The third kappa shape index (κ3) is 0.925. The standard InChI is InChI=1S/C3H7N.Al/c1-2-3-4;/h4H,1-3H2;/q-1;+1. The van der Waals surface area contributed by atoms with Gasteiger partial charge in [-0.25, -0.2) is 0 Å². The Labute approximate surface area is 38.7 Å². The fourth-order valence-corrected chi connectivity index (χ4v) is 1.53. The van der Waals surface area contributed by atoms with Crippen molar-refractivity contribution in [2.75, 3.05) is 6.54 Å². The van der Waals surface area contributed by atoms with Crippen molar-refractivity contribution in [3.8, 4) is 0 Å². The van der Waals surface area contributed by atoms with Crippen molar-refractivity contribution in [1.29, 1.82) is 0 Å². The summed E-state index contributed by atoms with van der Waals surface area (Å²) in [6.45, 7) is 1.29. The van der Waals surface area contributed by atoms with E-state index in [1.165, 1.54) is 18.2 Å². The molecule has 1 nitrogen and oxygen atoms in total. The van der Waals surface area contributed by atoms with Gasteiger partial charge in [-0.3, -0.25) is 0 Å². The van der Waals surface area contributed by atoms with Gasteiger partial charge in [0.15, 0.2) is 0 Å². The van der Waals surface area contributed by atoms with Crippen LogP contribution in [0, 0.1) is 0 Å². The van der Waals surface area contributed by atoms with Gasteiger partial charge in [-0.1, -0.05) is 11.7 Å².